The molecule has 4 nitrogen and oxygen atoms in total. The van der Waals surface area contributed by atoms with Crippen molar-refractivity contribution in [3.8, 4) is 5.69 Å². The van der Waals surface area contributed by atoms with E-state index in [4.69, 9.17) is 0 Å². The van der Waals surface area contributed by atoms with Crippen LogP contribution in [0.5, 0.6) is 0 Å². The first-order valence-electron chi connectivity index (χ1n) is 5.80. The van der Waals surface area contributed by atoms with Gasteiger partial charge in [-0.2, -0.15) is 13.2 Å². The van der Waals surface area contributed by atoms with E-state index >= 15 is 0 Å². The Morgan fingerprint density at radius 1 is 1.32 bits per heavy atom. The highest BCUT2D eigenvalue weighted by atomic mass is 19.4. The van der Waals surface area contributed by atoms with Crippen LogP contribution in [-0.4, -0.2) is 21.5 Å². The molecule has 0 spiro atoms. The standard InChI is InChI=1S/C12H13F3N4/c1-2-16-7-10-8-19(18-17-10)11-5-3-4-9(6-11)12(13,14)15/h3-6,8,16H,2,7H2,1H3. The molecule has 1 aromatic carbocycles. The van der Waals surface area contributed by atoms with Crippen molar-refractivity contribution in [1.29, 1.82) is 0 Å². The van der Waals surface area contributed by atoms with Crippen LogP contribution in [-0.2, 0) is 12.7 Å². The first-order chi connectivity index (χ1) is 9.00. The molecule has 2 rings (SSSR count). The quantitative estimate of drug-likeness (QED) is 0.927. The highest BCUT2D eigenvalue weighted by molar-refractivity contribution is 5.36. The predicted molar refractivity (Wildman–Crippen MR) is 63.7 cm³/mol. The molecule has 7 heteroatoms. The Morgan fingerprint density at radius 2 is 2.11 bits per heavy atom. The lowest BCUT2D eigenvalue weighted by atomic mass is 10.2. The summed E-state index contributed by atoms with van der Waals surface area (Å²) in [5.74, 6) is 0. The van der Waals surface area contributed by atoms with Crippen LogP contribution in [0.4, 0.5) is 13.2 Å². The van der Waals surface area contributed by atoms with Crippen molar-refractivity contribution in [2.75, 3.05) is 6.54 Å². The molecule has 0 aliphatic carbocycles. The molecule has 0 radical (unpaired) electrons. The average Bonchev–Trinajstić information content (AvgIpc) is 2.84. The van der Waals surface area contributed by atoms with Crippen LogP contribution >= 0.6 is 0 Å². The molecule has 0 saturated carbocycles. The summed E-state index contributed by atoms with van der Waals surface area (Å²) >= 11 is 0. The monoisotopic (exact) mass is 270 g/mol. The van der Waals surface area contributed by atoms with Gasteiger partial charge in [-0.3, -0.25) is 0 Å². The Hall–Kier alpha value is -1.89. The Kier molecular flexibility index (Phi) is 3.84. The fourth-order valence-corrected chi connectivity index (χ4v) is 1.58. The molecule has 0 atom stereocenters. The van der Waals surface area contributed by atoms with E-state index < -0.39 is 11.7 Å². The second-order valence-electron chi connectivity index (χ2n) is 3.98. The van der Waals surface area contributed by atoms with E-state index in [1.165, 1.54) is 10.7 Å². The molecule has 0 aliphatic rings. The largest absolute Gasteiger partial charge is 0.416 e. The summed E-state index contributed by atoms with van der Waals surface area (Å²) < 4.78 is 39.1. The number of nitrogens with zero attached hydrogens (tertiary/aromatic N) is 3. The zero-order chi connectivity index (χ0) is 13.9. The van der Waals surface area contributed by atoms with Gasteiger partial charge >= 0.3 is 6.18 Å². The Bertz CT molecular complexity index is 548. The fourth-order valence-electron chi connectivity index (χ4n) is 1.58. The average molecular weight is 270 g/mol. The van der Waals surface area contributed by atoms with Crippen LogP contribution in [0, 0.1) is 0 Å². The lowest BCUT2D eigenvalue weighted by Crippen LogP contribution is -2.11. The summed E-state index contributed by atoms with van der Waals surface area (Å²) in [7, 11) is 0. The van der Waals surface area contributed by atoms with Crippen LogP contribution in [0.25, 0.3) is 5.69 Å². The smallest absolute Gasteiger partial charge is 0.311 e. The van der Waals surface area contributed by atoms with Crippen molar-refractivity contribution >= 4 is 0 Å². The number of alkyl halides is 3. The van der Waals surface area contributed by atoms with E-state index in [0.29, 0.717) is 17.9 Å². The van der Waals surface area contributed by atoms with E-state index in [-0.39, 0.29) is 0 Å². The normalized spacial score (nSPS) is 11.8. The van der Waals surface area contributed by atoms with Gasteiger partial charge < -0.3 is 5.32 Å². The summed E-state index contributed by atoms with van der Waals surface area (Å²) in [4.78, 5) is 0. The van der Waals surface area contributed by atoms with Gasteiger partial charge in [0.15, 0.2) is 0 Å². The zero-order valence-electron chi connectivity index (χ0n) is 10.3. The van der Waals surface area contributed by atoms with Crippen LogP contribution in [0.1, 0.15) is 18.2 Å². The number of hydrogen-bond acceptors (Lipinski definition) is 3. The van der Waals surface area contributed by atoms with Crippen LogP contribution in [0.3, 0.4) is 0 Å². The molecule has 0 fully saturated rings. The Morgan fingerprint density at radius 3 is 2.79 bits per heavy atom. The van der Waals surface area contributed by atoms with Crippen molar-refractivity contribution in [2.24, 2.45) is 0 Å². The molecule has 0 bridgehead atoms. The van der Waals surface area contributed by atoms with Crippen molar-refractivity contribution in [3.63, 3.8) is 0 Å². The van der Waals surface area contributed by atoms with Crippen LogP contribution in [0.2, 0.25) is 0 Å². The highest BCUT2D eigenvalue weighted by Gasteiger charge is 2.30. The van der Waals surface area contributed by atoms with E-state index in [1.807, 2.05) is 6.92 Å². The third-order valence-electron chi connectivity index (χ3n) is 2.53. The van der Waals surface area contributed by atoms with E-state index in [1.54, 1.807) is 12.3 Å². The molecule has 1 N–H and O–H groups in total. The maximum Gasteiger partial charge on any atom is 0.416 e. The van der Waals surface area contributed by atoms with Gasteiger partial charge in [-0.25, -0.2) is 4.68 Å². The summed E-state index contributed by atoms with van der Waals surface area (Å²) in [6.45, 7) is 3.28. The van der Waals surface area contributed by atoms with Crippen molar-refractivity contribution in [1.82, 2.24) is 20.3 Å². The molecule has 2 aromatic rings. The second kappa shape index (κ2) is 5.40. The molecule has 0 aliphatic heterocycles. The zero-order valence-corrected chi connectivity index (χ0v) is 10.3. The SMILES string of the molecule is CCNCc1cn(-c2cccc(C(F)(F)F)c2)nn1. The van der Waals surface area contributed by atoms with Gasteiger partial charge in [-0.05, 0) is 24.7 Å². The second-order valence-corrected chi connectivity index (χ2v) is 3.98. The van der Waals surface area contributed by atoms with Gasteiger partial charge in [0.1, 0.15) is 0 Å². The van der Waals surface area contributed by atoms with Crippen molar-refractivity contribution in [3.05, 3.63) is 41.7 Å². The van der Waals surface area contributed by atoms with Gasteiger partial charge in [0.05, 0.1) is 23.1 Å². The van der Waals surface area contributed by atoms with Gasteiger partial charge in [0, 0.05) is 6.54 Å². The van der Waals surface area contributed by atoms with Crippen molar-refractivity contribution < 1.29 is 13.2 Å². The molecule has 0 unspecified atom stereocenters. The van der Waals surface area contributed by atoms with Crippen LogP contribution < -0.4 is 5.32 Å². The number of halogens is 3. The topological polar surface area (TPSA) is 42.7 Å². The summed E-state index contributed by atoms with van der Waals surface area (Å²) in [6, 6.07) is 4.98. The number of rotatable bonds is 4. The lowest BCUT2D eigenvalue weighted by Gasteiger charge is -2.08. The summed E-state index contributed by atoms with van der Waals surface area (Å²) in [6.07, 6.45) is -2.75. The number of aromatic nitrogens is 3. The third kappa shape index (κ3) is 3.31. The minimum Gasteiger partial charge on any atom is -0.311 e. The summed E-state index contributed by atoms with van der Waals surface area (Å²) in [5, 5.41) is 10.8. The van der Waals surface area contributed by atoms with E-state index in [2.05, 4.69) is 15.6 Å². The minimum absolute atomic E-state index is 0.338. The van der Waals surface area contributed by atoms with Gasteiger partial charge in [0.25, 0.3) is 0 Å². The van der Waals surface area contributed by atoms with Crippen molar-refractivity contribution in [2.45, 2.75) is 19.6 Å². The van der Waals surface area contributed by atoms with Gasteiger partial charge in [-0.15, -0.1) is 5.10 Å². The van der Waals surface area contributed by atoms with Gasteiger partial charge in [-0.1, -0.05) is 18.2 Å². The molecule has 1 aromatic heterocycles. The van der Waals surface area contributed by atoms with E-state index in [9.17, 15) is 13.2 Å². The number of benzene rings is 1. The Balaban J connectivity index is 2.24. The third-order valence-corrected chi connectivity index (χ3v) is 2.53. The molecule has 0 saturated heterocycles. The van der Waals surface area contributed by atoms with Gasteiger partial charge in [0.2, 0.25) is 0 Å². The lowest BCUT2D eigenvalue weighted by molar-refractivity contribution is -0.137. The molecular weight excluding hydrogens is 257 g/mol. The molecule has 19 heavy (non-hydrogen) atoms. The highest BCUT2D eigenvalue weighted by Crippen LogP contribution is 2.30. The van der Waals surface area contributed by atoms with Crippen LogP contribution in [0.15, 0.2) is 30.5 Å². The summed E-state index contributed by atoms with van der Waals surface area (Å²) in [5.41, 5.74) is 0.318. The fraction of sp³-hybridized carbons (Fsp3) is 0.333. The molecule has 1 heterocycles. The maximum absolute atomic E-state index is 12.6. The number of nitrogens with one attached hydrogen (secondary N) is 1. The number of hydrogen-bond donors (Lipinski definition) is 1. The molecule has 102 valence electrons. The first kappa shape index (κ1) is 13.5. The maximum atomic E-state index is 12.6. The van der Waals surface area contributed by atoms with E-state index in [0.717, 1.165) is 18.7 Å². The first-order valence-corrected chi connectivity index (χ1v) is 5.80. The Labute approximate surface area is 108 Å². The molecule has 0 amide bonds. The minimum atomic E-state index is -4.36. The predicted octanol–water partition coefficient (Wildman–Crippen LogP) is 2.40. The molecular formula is C12H13F3N4.